The number of nitrogens with one attached hydrogen (secondary N) is 2. The lowest BCUT2D eigenvalue weighted by molar-refractivity contribution is -0.146. The van der Waals surface area contributed by atoms with Crippen LogP contribution in [0.2, 0.25) is 0 Å². The summed E-state index contributed by atoms with van der Waals surface area (Å²) in [4.78, 5) is 23.8. The number of hydrogen-bond donors (Lipinski definition) is 3. The number of nitrogens with zero attached hydrogens (tertiary/aromatic N) is 1. The second kappa shape index (κ2) is 5.64. The lowest BCUT2D eigenvalue weighted by Gasteiger charge is -2.37. The lowest BCUT2D eigenvalue weighted by Crippen LogP contribution is -2.56. The van der Waals surface area contributed by atoms with E-state index in [1.807, 2.05) is 0 Å². The monoisotopic (exact) mass is 279 g/mol. The maximum atomic E-state index is 12.2. The minimum Gasteiger partial charge on any atom is -0.480 e. The van der Waals surface area contributed by atoms with E-state index in [1.165, 1.54) is 6.20 Å². The standard InChI is InChI=1S/C14H21N3O3/c1-3-10-4-6-14(7-5-10,13(19)20)16-12(18)11-8-15-17-9(11)2/h8,10H,3-7H2,1-2H3,(H,15,17)(H,16,18)(H,19,20). The van der Waals surface area contributed by atoms with Crippen molar-refractivity contribution in [3.05, 3.63) is 17.5 Å². The van der Waals surface area contributed by atoms with Gasteiger partial charge in [0.2, 0.25) is 0 Å². The molecule has 1 fully saturated rings. The molecule has 1 aromatic heterocycles. The van der Waals surface area contributed by atoms with Crippen LogP contribution in [0.25, 0.3) is 0 Å². The van der Waals surface area contributed by atoms with Gasteiger partial charge in [0.25, 0.3) is 5.91 Å². The molecule has 0 atom stereocenters. The smallest absolute Gasteiger partial charge is 0.329 e. The Hall–Kier alpha value is -1.85. The Balaban J connectivity index is 2.13. The molecule has 0 unspecified atom stereocenters. The van der Waals surface area contributed by atoms with Crippen LogP contribution in [-0.2, 0) is 4.79 Å². The van der Waals surface area contributed by atoms with Crippen molar-refractivity contribution in [1.29, 1.82) is 0 Å². The van der Waals surface area contributed by atoms with Gasteiger partial charge in [0.15, 0.2) is 0 Å². The number of carboxylic acid groups (broad SMARTS) is 1. The molecule has 6 nitrogen and oxygen atoms in total. The number of carbonyl (C=O) groups is 2. The summed E-state index contributed by atoms with van der Waals surface area (Å²) >= 11 is 0. The first-order valence-corrected chi connectivity index (χ1v) is 7.04. The van der Waals surface area contributed by atoms with Crippen LogP contribution in [0.1, 0.15) is 55.1 Å². The van der Waals surface area contributed by atoms with E-state index in [0.29, 0.717) is 30.0 Å². The van der Waals surface area contributed by atoms with E-state index in [0.717, 1.165) is 19.3 Å². The van der Waals surface area contributed by atoms with Crippen LogP contribution in [0.5, 0.6) is 0 Å². The molecule has 0 aliphatic heterocycles. The van der Waals surface area contributed by atoms with Crippen molar-refractivity contribution in [3.63, 3.8) is 0 Å². The zero-order valence-corrected chi connectivity index (χ0v) is 11.9. The van der Waals surface area contributed by atoms with Gasteiger partial charge >= 0.3 is 5.97 Å². The fraction of sp³-hybridized carbons (Fsp3) is 0.643. The number of H-pyrrole nitrogens is 1. The molecule has 1 aliphatic rings. The van der Waals surface area contributed by atoms with Gasteiger partial charge in [-0.3, -0.25) is 9.89 Å². The quantitative estimate of drug-likeness (QED) is 0.784. The van der Waals surface area contributed by atoms with Crippen molar-refractivity contribution in [2.75, 3.05) is 0 Å². The maximum absolute atomic E-state index is 12.2. The van der Waals surface area contributed by atoms with Crippen molar-refractivity contribution in [2.45, 2.75) is 51.5 Å². The predicted octanol–water partition coefficient (Wildman–Crippen LogP) is 1.87. The average Bonchev–Trinajstić information content (AvgIpc) is 2.85. The maximum Gasteiger partial charge on any atom is 0.329 e. The summed E-state index contributed by atoms with van der Waals surface area (Å²) in [5, 5.41) is 18.7. The number of aliphatic carboxylic acids is 1. The minimum absolute atomic E-state index is 0.367. The molecule has 0 saturated heterocycles. The molecule has 1 aromatic rings. The van der Waals surface area contributed by atoms with Gasteiger partial charge < -0.3 is 10.4 Å². The van der Waals surface area contributed by atoms with Crippen molar-refractivity contribution in [1.82, 2.24) is 15.5 Å². The SMILES string of the molecule is CCC1CCC(NC(=O)c2cn[nH]c2C)(C(=O)O)CC1. The molecule has 110 valence electrons. The van der Waals surface area contributed by atoms with Gasteiger partial charge in [-0.25, -0.2) is 4.79 Å². The molecule has 3 N–H and O–H groups in total. The summed E-state index contributed by atoms with van der Waals surface area (Å²) in [7, 11) is 0. The van der Waals surface area contributed by atoms with Gasteiger partial charge in [-0.1, -0.05) is 13.3 Å². The van der Waals surface area contributed by atoms with E-state index < -0.39 is 11.5 Å². The zero-order valence-electron chi connectivity index (χ0n) is 11.9. The Morgan fingerprint density at radius 2 is 2.15 bits per heavy atom. The highest BCUT2D eigenvalue weighted by molar-refractivity contribution is 5.98. The van der Waals surface area contributed by atoms with Crippen molar-refractivity contribution in [2.24, 2.45) is 5.92 Å². The third-order valence-electron chi connectivity index (χ3n) is 4.37. The topological polar surface area (TPSA) is 95.1 Å². The van der Waals surface area contributed by atoms with Crippen LogP contribution in [-0.4, -0.2) is 32.7 Å². The lowest BCUT2D eigenvalue weighted by atomic mass is 9.75. The highest BCUT2D eigenvalue weighted by Crippen LogP contribution is 2.34. The fourth-order valence-corrected chi connectivity index (χ4v) is 2.84. The van der Waals surface area contributed by atoms with Crippen LogP contribution in [0.15, 0.2) is 6.20 Å². The van der Waals surface area contributed by atoms with E-state index in [2.05, 4.69) is 22.4 Å². The Kier molecular flexibility index (Phi) is 4.11. The number of carboxylic acids is 1. The average molecular weight is 279 g/mol. The first kappa shape index (κ1) is 14.6. The molecule has 0 bridgehead atoms. The van der Waals surface area contributed by atoms with E-state index in [-0.39, 0.29) is 5.91 Å². The molecule has 0 radical (unpaired) electrons. The second-order valence-corrected chi connectivity index (χ2v) is 5.60. The zero-order chi connectivity index (χ0) is 14.8. The molecule has 1 saturated carbocycles. The molecule has 1 amide bonds. The number of rotatable bonds is 4. The molecule has 2 rings (SSSR count). The minimum atomic E-state index is -1.13. The summed E-state index contributed by atoms with van der Waals surface area (Å²) < 4.78 is 0. The van der Waals surface area contributed by atoms with Crippen LogP contribution in [0, 0.1) is 12.8 Å². The second-order valence-electron chi connectivity index (χ2n) is 5.60. The van der Waals surface area contributed by atoms with E-state index in [1.54, 1.807) is 6.92 Å². The largest absolute Gasteiger partial charge is 0.480 e. The molecule has 0 aromatic carbocycles. The normalized spacial score (nSPS) is 26.2. The van der Waals surface area contributed by atoms with Crippen molar-refractivity contribution < 1.29 is 14.7 Å². The van der Waals surface area contributed by atoms with Crippen molar-refractivity contribution >= 4 is 11.9 Å². The summed E-state index contributed by atoms with van der Waals surface area (Å²) in [5.41, 5.74) is -0.0829. The number of aromatic nitrogens is 2. The van der Waals surface area contributed by atoms with E-state index in [9.17, 15) is 14.7 Å². The third-order valence-corrected chi connectivity index (χ3v) is 4.37. The first-order valence-electron chi connectivity index (χ1n) is 7.04. The molecular weight excluding hydrogens is 258 g/mol. The van der Waals surface area contributed by atoms with Gasteiger partial charge in [0.1, 0.15) is 5.54 Å². The first-order chi connectivity index (χ1) is 9.48. The van der Waals surface area contributed by atoms with Crippen LogP contribution in [0.4, 0.5) is 0 Å². The molecule has 1 heterocycles. The molecule has 20 heavy (non-hydrogen) atoms. The van der Waals surface area contributed by atoms with Gasteiger partial charge in [-0.05, 0) is 38.5 Å². The Labute approximate surface area is 118 Å². The van der Waals surface area contributed by atoms with E-state index >= 15 is 0 Å². The highest BCUT2D eigenvalue weighted by atomic mass is 16.4. The van der Waals surface area contributed by atoms with Gasteiger partial charge in [0, 0.05) is 5.69 Å². The molecular formula is C14H21N3O3. The predicted molar refractivity (Wildman–Crippen MR) is 73.4 cm³/mol. The molecule has 0 spiro atoms. The summed E-state index contributed by atoms with van der Waals surface area (Å²) in [6, 6.07) is 0. The Bertz CT molecular complexity index is 502. The van der Waals surface area contributed by atoms with Crippen LogP contribution in [0.3, 0.4) is 0 Å². The fourth-order valence-electron chi connectivity index (χ4n) is 2.84. The number of carbonyl (C=O) groups excluding carboxylic acids is 1. The Morgan fingerprint density at radius 1 is 1.50 bits per heavy atom. The number of hydrogen-bond acceptors (Lipinski definition) is 3. The van der Waals surface area contributed by atoms with Gasteiger partial charge in [-0.2, -0.15) is 5.10 Å². The number of aryl methyl sites for hydroxylation is 1. The highest BCUT2D eigenvalue weighted by Gasteiger charge is 2.43. The summed E-state index contributed by atoms with van der Waals surface area (Å²) in [5.74, 6) is -0.745. The van der Waals surface area contributed by atoms with Crippen LogP contribution < -0.4 is 5.32 Å². The molecule has 1 aliphatic carbocycles. The summed E-state index contributed by atoms with van der Waals surface area (Å²) in [6.45, 7) is 3.86. The number of amides is 1. The Morgan fingerprint density at radius 3 is 2.60 bits per heavy atom. The van der Waals surface area contributed by atoms with E-state index in [4.69, 9.17) is 0 Å². The third kappa shape index (κ3) is 2.69. The summed E-state index contributed by atoms with van der Waals surface area (Å²) in [6.07, 6.45) is 5.15. The molecule has 6 heteroatoms. The van der Waals surface area contributed by atoms with Gasteiger partial charge in [0.05, 0.1) is 11.8 Å². The van der Waals surface area contributed by atoms with Gasteiger partial charge in [-0.15, -0.1) is 0 Å². The van der Waals surface area contributed by atoms with Crippen LogP contribution >= 0.6 is 0 Å². The van der Waals surface area contributed by atoms with Crippen molar-refractivity contribution in [3.8, 4) is 0 Å². The number of aromatic amines is 1.